The molecule has 0 aliphatic carbocycles. The zero-order chi connectivity index (χ0) is 24.0. The molecule has 0 saturated heterocycles. The molecule has 0 spiro atoms. The van der Waals surface area contributed by atoms with Crippen LogP contribution in [0.4, 0.5) is 0 Å². The van der Waals surface area contributed by atoms with Crippen molar-refractivity contribution >= 4 is 39.3 Å². The highest BCUT2D eigenvalue weighted by Crippen LogP contribution is 2.26. The van der Waals surface area contributed by atoms with Gasteiger partial charge in [0.15, 0.2) is 5.78 Å². The molecule has 0 unspecified atom stereocenters. The number of rotatable bonds is 5. The van der Waals surface area contributed by atoms with Crippen molar-refractivity contribution in [2.24, 2.45) is 7.05 Å². The van der Waals surface area contributed by atoms with Gasteiger partial charge >= 0.3 is 5.69 Å². The van der Waals surface area contributed by atoms with Crippen molar-refractivity contribution in [1.82, 2.24) is 13.7 Å². The van der Waals surface area contributed by atoms with Crippen molar-refractivity contribution in [2.45, 2.75) is 20.0 Å². The molecule has 7 heteroatoms. The van der Waals surface area contributed by atoms with E-state index in [-0.39, 0.29) is 24.4 Å². The molecule has 0 aliphatic heterocycles. The van der Waals surface area contributed by atoms with Crippen molar-refractivity contribution in [3.63, 3.8) is 0 Å². The van der Waals surface area contributed by atoms with Crippen molar-refractivity contribution in [3.05, 3.63) is 115 Å². The maximum atomic E-state index is 13.7. The molecule has 6 nitrogen and oxygen atoms in total. The van der Waals surface area contributed by atoms with Crippen molar-refractivity contribution in [3.8, 4) is 0 Å². The van der Waals surface area contributed by atoms with Crippen LogP contribution in [0.1, 0.15) is 21.5 Å². The highest BCUT2D eigenvalue weighted by Gasteiger charge is 2.22. The van der Waals surface area contributed by atoms with Crippen molar-refractivity contribution in [1.29, 1.82) is 0 Å². The zero-order valence-corrected chi connectivity index (χ0v) is 19.5. The summed E-state index contributed by atoms with van der Waals surface area (Å²) in [5.41, 5.74) is 3.06. The molecule has 0 N–H and O–H groups in total. The van der Waals surface area contributed by atoms with Crippen LogP contribution in [0.3, 0.4) is 0 Å². The predicted octanol–water partition coefficient (Wildman–Crippen LogP) is 4.55. The Balaban J connectivity index is 1.80. The summed E-state index contributed by atoms with van der Waals surface area (Å²) in [6.45, 7) is 1.87. The monoisotopic (exact) mass is 471 g/mol. The summed E-state index contributed by atoms with van der Waals surface area (Å²) in [6, 6.07) is 21.7. The van der Waals surface area contributed by atoms with Gasteiger partial charge in [-0.3, -0.25) is 18.7 Å². The third-order valence-corrected chi connectivity index (χ3v) is 6.41. The summed E-state index contributed by atoms with van der Waals surface area (Å²) in [7, 11) is 1.81. The number of aromatic nitrogens is 3. The first-order valence-corrected chi connectivity index (χ1v) is 11.3. The minimum absolute atomic E-state index is 0.115. The molecule has 0 aliphatic rings. The first kappa shape index (κ1) is 21.9. The Kier molecular flexibility index (Phi) is 5.46. The molecule has 0 amide bonds. The van der Waals surface area contributed by atoms with Gasteiger partial charge in [0.2, 0.25) is 0 Å². The Morgan fingerprint density at radius 1 is 0.882 bits per heavy atom. The summed E-state index contributed by atoms with van der Waals surface area (Å²) in [5, 5.41) is 1.29. The Bertz CT molecular complexity index is 1680. The van der Waals surface area contributed by atoms with Crippen LogP contribution >= 0.6 is 11.6 Å². The lowest BCUT2D eigenvalue weighted by Crippen LogP contribution is -2.41. The van der Waals surface area contributed by atoms with Gasteiger partial charge < -0.3 is 4.57 Å². The van der Waals surface area contributed by atoms with Gasteiger partial charge in [0.25, 0.3) is 5.56 Å². The molecule has 2 aromatic heterocycles. The number of hydrogen-bond donors (Lipinski definition) is 0. The second kappa shape index (κ2) is 8.47. The maximum Gasteiger partial charge on any atom is 0.332 e. The molecular formula is C27H22ClN3O3. The van der Waals surface area contributed by atoms with Crippen LogP contribution in [-0.4, -0.2) is 19.5 Å². The van der Waals surface area contributed by atoms with Crippen LogP contribution in [-0.2, 0) is 20.1 Å². The average molecular weight is 472 g/mol. The molecule has 5 rings (SSSR count). The molecule has 170 valence electrons. The van der Waals surface area contributed by atoms with E-state index in [1.807, 2.05) is 62.5 Å². The van der Waals surface area contributed by atoms with E-state index in [1.165, 1.54) is 9.13 Å². The second-order valence-corrected chi connectivity index (χ2v) is 8.89. The smallest absolute Gasteiger partial charge is 0.332 e. The zero-order valence-electron chi connectivity index (χ0n) is 18.8. The van der Waals surface area contributed by atoms with Gasteiger partial charge in [0.1, 0.15) is 5.52 Å². The molecule has 0 fully saturated rings. The van der Waals surface area contributed by atoms with Gasteiger partial charge in [-0.1, -0.05) is 53.6 Å². The van der Waals surface area contributed by atoms with Crippen LogP contribution in [0.15, 0.2) is 82.4 Å². The van der Waals surface area contributed by atoms with Gasteiger partial charge in [-0.15, -0.1) is 0 Å². The fourth-order valence-corrected chi connectivity index (χ4v) is 4.56. The number of ketones is 1. The summed E-state index contributed by atoms with van der Waals surface area (Å²) in [6.07, 6.45) is 0. The number of aryl methyl sites for hydroxylation is 2. The van der Waals surface area contributed by atoms with Gasteiger partial charge in [-0.2, -0.15) is 0 Å². The second-order valence-electron chi connectivity index (χ2n) is 8.45. The largest absolute Gasteiger partial charge is 0.338 e. The number of carbonyl (C=O) groups is 1. The lowest BCUT2D eigenvalue weighted by Gasteiger charge is -2.13. The van der Waals surface area contributed by atoms with Crippen LogP contribution < -0.4 is 11.2 Å². The summed E-state index contributed by atoms with van der Waals surface area (Å²) in [4.78, 5) is 40.5. The van der Waals surface area contributed by atoms with Crippen molar-refractivity contribution < 1.29 is 4.79 Å². The number of Topliss-reactive ketones (excluding diaryl/α,β-unsaturated/α-hetero) is 1. The van der Waals surface area contributed by atoms with Crippen LogP contribution in [0.5, 0.6) is 0 Å². The maximum absolute atomic E-state index is 13.7. The fraction of sp³-hybridized carbons (Fsp3) is 0.148. The van der Waals surface area contributed by atoms with Gasteiger partial charge in [-0.05, 0) is 48.9 Å². The predicted molar refractivity (Wildman–Crippen MR) is 135 cm³/mol. The normalized spacial score (nSPS) is 11.4. The minimum Gasteiger partial charge on any atom is -0.338 e. The SMILES string of the molecule is Cc1ccc2c(c1)c1c(c(=O)n(Cc3ccccc3)c(=O)n1CC(=O)c1ccc(Cl)cc1)n2C. The number of carbonyl (C=O) groups excluding carboxylic acids is 1. The summed E-state index contributed by atoms with van der Waals surface area (Å²) in [5.74, 6) is -0.241. The molecule has 0 bridgehead atoms. The number of benzene rings is 3. The fourth-order valence-electron chi connectivity index (χ4n) is 4.44. The van der Waals surface area contributed by atoms with Crippen LogP contribution in [0.25, 0.3) is 21.9 Å². The number of fused-ring (bicyclic) bond motifs is 3. The van der Waals surface area contributed by atoms with E-state index in [2.05, 4.69) is 0 Å². The molecule has 3 aromatic carbocycles. The molecular weight excluding hydrogens is 450 g/mol. The highest BCUT2D eigenvalue weighted by molar-refractivity contribution is 6.30. The van der Waals surface area contributed by atoms with E-state index < -0.39 is 5.69 Å². The first-order valence-electron chi connectivity index (χ1n) is 10.9. The van der Waals surface area contributed by atoms with E-state index >= 15 is 0 Å². The number of hydrogen-bond acceptors (Lipinski definition) is 3. The number of halogens is 1. The number of nitrogens with zero attached hydrogens (tertiary/aromatic N) is 3. The molecule has 0 atom stereocenters. The quantitative estimate of drug-likeness (QED) is 0.353. The summed E-state index contributed by atoms with van der Waals surface area (Å²) >= 11 is 5.97. The first-order chi connectivity index (χ1) is 16.3. The van der Waals surface area contributed by atoms with Gasteiger partial charge in [0, 0.05) is 23.0 Å². The van der Waals surface area contributed by atoms with E-state index in [1.54, 1.807) is 28.8 Å². The average Bonchev–Trinajstić information content (AvgIpc) is 3.12. The molecule has 0 radical (unpaired) electrons. The molecule has 2 heterocycles. The topological polar surface area (TPSA) is 66.0 Å². The van der Waals surface area contributed by atoms with E-state index in [4.69, 9.17) is 11.6 Å². The third-order valence-electron chi connectivity index (χ3n) is 6.16. The minimum atomic E-state index is -0.516. The molecule has 34 heavy (non-hydrogen) atoms. The Labute approximate surface area is 200 Å². The Morgan fingerprint density at radius 2 is 1.59 bits per heavy atom. The standard InChI is InChI=1S/C27H22ClN3O3/c1-17-8-13-22-21(14-17)24-25(29(22)2)26(33)31(15-18-6-4-3-5-7-18)27(34)30(24)16-23(32)19-9-11-20(28)12-10-19/h3-14H,15-16H2,1-2H3. The molecule has 5 aromatic rings. The third kappa shape index (κ3) is 3.66. The van der Waals surface area contributed by atoms with Crippen LogP contribution in [0, 0.1) is 6.92 Å². The van der Waals surface area contributed by atoms with Crippen molar-refractivity contribution in [2.75, 3.05) is 0 Å². The highest BCUT2D eigenvalue weighted by atomic mass is 35.5. The van der Waals surface area contributed by atoms with E-state index in [0.717, 1.165) is 22.0 Å². The van der Waals surface area contributed by atoms with Crippen LogP contribution in [0.2, 0.25) is 5.02 Å². The van der Waals surface area contributed by atoms with Gasteiger partial charge in [-0.25, -0.2) is 4.79 Å². The summed E-state index contributed by atoms with van der Waals surface area (Å²) < 4.78 is 4.44. The Hall–Kier alpha value is -3.90. The lowest BCUT2D eigenvalue weighted by atomic mass is 10.1. The lowest BCUT2D eigenvalue weighted by molar-refractivity contribution is 0.0971. The molecule has 0 saturated carbocycles. The van der Waals surface area contributed by atoms with E-state index in [9.17, 15) is 14.4 Å². The Morgan fingerprint density at radius 3 is 2.29 bits per heavy atom. The van der Waals surface area contributed by atoms with E-state index in [0.29, 0.717) is 21.6 Å². The van der Waals surface area contributed by atoms with Gasteiger partial charge in [0.05, 0.1) is 24.1 Å².